The van der Waals surface area contributed by atoms with Gasteiger partial charge < -0.3 is 15.4 Å². The van der Waals surface area contributed by atoms with Crippen LogP contribution in [0.1, 0.15) is 29.1 Å². The summed E-state index contributed by atoms with van der Waals surface area (Å²) in [7, 11) is 1.53. The highest BCUT2D eigenvalue weighted by molar-refractivity contribution is 6.30. The van der Waals surface area contributed by atoms with Crippen LogP contribution in [0.3, 0.4) is 0 Å². The van der Waals surface area contributed by atoms with Crippen LogP contribution in [0.25, 0.3) is 0 Å². The zero-order chi connectivity index (χ0) is 19.6. The predicted molar refractivity (Wildman–Crippen MR) is 97.4 cm³/mol. The number of aliphatic hydroxyl groups excluding tert-OH is 1. The van der Waals surface area contributed by atoms with Gasteiger partial charge in [-0.2, -0.15) is 4.98 Å². The van der Waals surface area contributed by atoms with Gasteiger partial charge in [-0.05, 0) is 17.7 Å². The van der Waals surface area contributed by atoms with Gasteiger partial charge in [-0.15, -0.1) is 0 Å². The van der Waals surface area contributed by atoms with Crippen LogP contribution < -0.4 is 17.0 Å². The molecule has 1 atom stereocenters. The second-order valence-electron chi connectivity index (χ2n) is 5.98. The molecule has 0 fully saturated rings. The molecule has 3 N–H and O–H groups in total. The number of hydrogen-bond donors (Lipinski definition) is 2. The molecule has 3 aromatic rings. The minimum Gasteiger partial charge on any atom is -0.388 e. The van der Waals surface area contributed by atoms with E-state index in [1.807, 2.05) is 0 Å². The summed E-state index contributed by atoms with van der Waals surface area (Å²) < 4.78 is 7.38. The molecule has 3 rings (SSSR count). The van der Waals surface area contributed by atoms with Crippen molar-refractivity contribution in [1.29, 1.82) is 0 Å². The van der Waals surface area contributed by atoms with Gasteiger partial charge in [0.25, 0.3) is 5.56 Å². The fourth-order valence-corrected chi connectivity index (χ4v) is 2.73. The van der Waals surface area contributed by atoms with Crippen molar-refractivity contribution in [3.63, 3.8) is 0 Å². The fraction of sp³-hybridized carbons (Fsp3) is 0.294. The van der Waals surface area contributed by atoms with Gasteiger partial charge in [-0.1, -0.05) is 28.9 Å². The molecule has 0 radical (unpaired) electrons. The standard InChI is InChI=1S/C17H18ClN5O4/c1-22-12(8-19)6-16(25)23(17(22)26)9-15-20-14(21-27-15)7-13(24)10-2-4-11(18)5-3-10/h2-6,13,24H,7-9,19H2,1H3/t13-/m0/s1. The van der Waals surface area contributed by atoms with Gasteiger partial charge in [-0.25, -0.2) is 4.79 Å². The van der Waals surface area contributed by atoms with Crippen LogP contribution in [0.2, 0.25) is 5.02 Å². The smallest absolute Gasteiger partial charge is 0.331 e. The summed E-state index contributed by atoms with van der Waals surface area (Å²) in [5, 5.41) is 14.6. The van der Waals surface area contributed by atoms with Crippen molar-refractivity contribution in [3.8, 4) is 0 Å². The van der Waals surface area contributed by atoms with Crippen molar-refractivity contribution >= 4 is 11.6 Å². The molecule has 27 heavy (non-hydrogen) atoms. The van der Waals surface area contributed by atoms with Crippen molar-refractivity contribution in [1.82, 2.24) is 19.3 Å². The van der Waals surface area contributed by atoms with Crippen molar-refractivity contribution < 1.29 is 9.63 Å². The zero-order valence-corrected chi connectivity index (χ0v) is 15.3. The summed E-state index contributed by atoms with van der Waals surface area (Å²) >= 11 is 5.83. The summed E-state index contributed by atoms with van der Waals surface area (Å²) in [6.45, 7) is -0.0878. The number of nitrogens with zero attached hydrogens (tertiary/aromatic N) is 4. The third-order valence-corrected chi connectivity index (χ3v) is 4.40. The van der Waals surface area contributed by atoms with E-state index in [9.17, 15) is 14.7 Å². The van der Waals surface area contributed by atoms with Crippen molar-refractivity contribution in [2.24, 2.45) is 12.8 Å². The summed E-state index contributed by atoms with van der Waals surface area (Å²) in [6.07, 6.45) is -0.725. The lowest BCUT2D eigenvalue weighted by Gasteiger charge is -2.08. The van der Waals surface area contributed by atoms with Gasteiger partial charge in [0.05, 0.1) is 6.10 Å². The first-order valence-electron chi connectivity index (χ1n) is 8.14. The molecule has 10 heteroatoms. The lowest BCUT2D eigenvalue weighted by Crippen LogP contribution is -2.40. The lowest BCUT2D eigenvalue weighted by atomic mass is 10.1. The molecular formula is C17H18ClN5O4. The molecule has 0 aliphatic heterocycles. The van der Waals surface area contributed by atoms with E-state index in [0.717, 1.165) is 4.57 Å². The zero-order valence-electron chi connectivity index (χ0n) is 14.5. The van der Waals surface area contributed by atoms with Gasteiger partial charge in [0.1, 0.15) is 6.54 Å². The Morgan fingerprint density at radius 3 is 2.67 bits per heavy atom. The number of halogens is 1. The average Bonchev–Trinajstić information content (AvgIpc) is 3.09. The van der Waals surface area contributed by atoms with E-state index in [1.165, 1.54) is 17.7 Å². The monoisotopic (exact) mass is 391 g/mol. The van der Waals surface area contributed by atoms with E-state index in [-0.39, 0.29) is 31.2 Å². The topological polar surface area (TPSA) is 129 Å². The molecule has 0 amide bonds. The Bertz CT molecular complexity index is 1050. The third kappa shape index (κ3) is 4.16. The van der Waals surface area contributed by atoms with Crippen LogP contribution in [-0.4, -0.2) is 24.4 Å². The molecular weight excluding hydrogens is 374 g/mol. The van der Waals surface area contributed by atoms with E-state index < -0.39 is 17.4 Å². The summed E-state index contributed by atoms with van der Waals surface area (Å²) in [4.78, 5) is 28.6. The Labute approximate surface area is 158 Å². The van der Waals surface area contributed by atoms with Crippen LogP contribution in [-0.2, 0) is 26.6 Å². The highest BCUT2D eigenvalue weighted by Crippen LogP contribution is 2.19. The highest BCUT2D eigenvalue weighted by atomic mass is 35.5. The molecule has 0 bridgehead atoms. The Kier molecular flexibility index (Phi) is 5.54. The average molecular weight is 392 g/mol. The molecule has 0 spiro atoms. The number of aromatic nitrogens is 4. The van der Waals surface area contributed by atoms with Crippen LogP contribution in [0.4, 0.5) is 0 Å². The number of nitrogens with two attached hydrogens (primary N) is 1. The molecule has 0 saturated heterocycles. The van der Waals surface area contributed by atoms with Gasteiger partial charge in [0.15, 0.2) is 5.82 Å². The number of aliphatic hydroxyl groups is 1. The molecule has 9 nitrogen and oxygen atoms in total. The molecule has 0 aliphatic rings. The number of benzene rings is 1. The van der Waals surface area contributed by atoms with Crippen molar-refractivity contribution in [2.45, 2.75) is 25.6 Å². The van der Waals surface area contributed by atoms with Crippen molar-refractivity contribution in [2.75, 3.05) is 0 Å². The van der Waals surface area contributed by atoms with E-state index >= 15 is 0 Å². The van der Waals surface area contributed by atoms with Crippen LogP contribution in [0.15, 0.2) is 44.4 Å². The van der Waals surface area contributed by atoms with E-state index in [0.29, 0.717) is 16.3 Å². The van der Waals surface area contributed by atoms with Gasteiger partial charge >= 0.3 is 5.69 Å². The first-order valence-corrected chi connectivity index (χ1v) is 8.51. The second-order valence-corrected chi connectivity index (χ2v) is 6.42. The quantitative estimate of drug-likeness (QED) is 0.620. The van der Waals surface area contributed by atoms with Crippen LogP contribution in [0, 0.1) is 0 Å². The van der Waals surface area contributed by atoms with E-state index in [1.54, 1.807) is 24.3 Å². The van der Waals surface area contributed by atoms with Crippen LogP contribution >= 0.6 is 11.6 Å². The summed E-state index contributed by atoms with van der Waals surface area (Å²) in [6, 6.07) is 8.05. The Morgan fingerprint density at radius 1 is 1.30 bits per heavy atom. The normalized spacial score (nSPS) is 12.3. The molecule has 2 aromatic heterocycles. The minimum atomic E-state index is -0.841. The SMILES string of the molecule is Cn1c(CN)cc(=O)n(Cc2nc(C[C@H](O)c3ccc(Cl)cc3)no2)c1=O. The van der Waals surface area contributed by atoms with Gasteiger partial charge in [0.2, 0.25) is 5.89 Å². The van der Waals surface area contributed by atoms with E-state index in [4.69, 9.17) is 21.9 Å². The molecule has 0 saturated carbocycles. The minimum absolute atomic E-state index is 0.0785. The maximum Gasteiger partial charge on any atom is 0.331 e. The molecule has 0 aliphatic carbocycles. The maximum atomic E-state index is 12.3. The van der Waals surface area contributed by atoms with Crippen molar-refractivity contribution in [3.05, 3.63) is 79.2 Å². The molecule has 1 aromatic carbocycles. The van der Waals surface area contributed by atoms with Gasteiger partial charge in [0, 0.05) is 36.8 Å². The largest absolute Gasteiger partial charge is 0.388 e. The number of hydrogen-bond acceptors (Lipinski definition) is 7. The van der Waals surface area contributed by atoms with Crippen LogP contribution in [0.5, 0.6) is 0 Å². The molecule has 142 valence electrons. The van der Waals surface area contributed by atoms with E-state index in [2.05, 4.69) is 10.1 Å². The Balaban J connectivity index is 1.77. The third-order valence-electron chi connectivity index (χ3n) is 4.15. The molecule has 2 heterocycles. The first kappa shape index (κ1) is 19.0. The van der Waals surface area contributed by atoms with Gasteiger partial charge in [-0.3, -0.25) is 13.9 Å². The fourth-order valence-electron chi connectivity index (χ4n) is 2.61. The second kappa shape index (κ2) is 7.87. The summed E-state index contributed by atoms with van der Waals surface area (Å²) in [5.74, 6) is 0.351. The Hall–Kier alpha value is -2.75. The number of rotatable bonds is 6. The first-order chi connectivity index (χ1) is 12.9. The maximum absolute atomic E-state index is 12.3. The summed E-state index contributed by atoms with van der Waals surface area (Å²) in [5.41, 5.74) is 5.58. The highest BCUT2D eigenvalue weighted by Gasteiger charge is 2.16. The molecule has 0 unspecified atom stereocenters. The predicted octanol–water partition coefficient (Wildman–Crippen LogP) is 0.367. The lowest BCUT2D eigenvalue weighted by molar-refractivity contribution is 0.174. The Morgan fingerprint density at radius 2 is 2.00 bits per heavy atom.